The fraction of sp³-hybridized carbons (Fsp3) is 0.658. The molecule has 0 aromatic rings. The number of aliphatic carboxylic acids is 1. The van der Waals surface area contributed by atoms with Gasteiger partial charge >= 0.3 is 19.8 Å². The van der Waals surface area contributed by atoms with Crippen molar-refractivity contribution in [3.63, 3.8) is 0 Å². The van der Waals surface area contributed by atoms with Crippen molar-refractivity contribution >= 4 is 25.7 Å². The molecule has 12 heteroatoms. The second kappa shape index (κ2) is 33.3. The molecule has 0 fully saturated rings. The number of phosphoric acid groups is 1. The Labute approximate surface area is 300 Å². The van der Waals surface area contributed by atoms with Crippen molar-refractivity contribution in [2.75, 3.05) is 19.8 Å². The normalized spacial score (nSPS) is 14.6. The topological polar surface area (TPSA) is 169 Å². The van der Waals surface area contributed by atoms with Crippen molar-refractivity contribution in [3.05, 3.63) is 60.8 Å². The van der Waals surface area contributed by atoms with E-state index in [2.05, 4.69) is 79.9 Å². The highest BCUT2D eigenvalue weighted by Gasteiger charge is 2.28. The van der Waals surface area contributed by atoms with E-state index in [1.54, 1.807) is 0 Å². The summed E-state index contributed by atoms with van der Waals surface area (Å²) in [6.07, 6.45) is 35.9. The summed E-state index contributed by atoms with van der Waals surface area (Å²) in [5.41, 5.74) is 0. The fourth-order valence-corrected chi connectivity index (χ4v) is 5.23. The van der Waals surface area contributed by atoms with E-state index in [0.29, 0.717) is 12.8 Å². The molecule has 0 saturated carbocycles. The Balaban J connectivity index is 4.00. The first-order valence-corrected chi connectivity index (χ1v) is 19.8. The highest BCUT2D eigenvalue weighted by molar-refractivity contribution is 7.47. The third kappa shape index (κ3) is 32.4. The minimum atomic E-state index is -4.75. The van der Waals surface area contributed by atoms with Gasteiger partial charge in [0.2, 0.25) is 5.91 Å². The van der Waals surface area contributed by atoms with Gasteiger partial charge in [0.15, 0.2) is 6.04 Å². The van der Waals surface area contributed by atoms with Crippen LogP contribution >= 0.6 is 7.82 Å². The third-order valence-corrected chi connectivity index (χ3v) is 8.27. The summed E-state index contributed by atoms with van der Waals surface area (Å²) in [7, 11) is -4.75. The molecule has 50 heavy (non-hydrogen) atoms. The van der Waals surface area contributed by atoms with Crippen LogP contribution in [0.15, 0.2) is 60.8 Å². The monoisotopic (exact) mass is 725 g/mol. The zero-order chi connectivity index (χ0) is 37.1. The Morgan fingerprint density at radius 1 is 0.660 bits per heavy atom. The standard InChI is InChI=1S/C38H64NO10P/c1-3-5-7-9-10-11-12-13-14-15-16-17-18-19-20-21-22-23-24-26-27-29-36(41)39-35(38(43)44)33-49-50(45,46)48-32-34(40)31-47-37(42)30-28-25-8-6-4-2/h5,7,10-11,13-14,16-17,19-20,34-35,40H,3-4,6,8-9,12,15,18,21-33H2,1-2H3,(H,39,41)(H,43,44)(H,45,46)/b7-5-,11-10-,14-13-,17-16-,20-19-. The number of carbonyl (C=O) groups excluding carboxylic acids is 2. The highest BCUT2D eigenvalue weighted by Crippen LogP contribution is 2.43. The Bertz CT molecular complexity index is 1090. The average molecular weight is 726 g/mol. The summed E-state index contributed by atoms with van der Waals surface area (Å²) in [5, 5.41) is 21.6. The third-order valence-electron chi connectivity index (χ3n) is 7.32. The van der Waals surface area contributed by atoms with Crippen LogP contribution in [0.25, 0.3) is 0 Å². The number of carboxylic acid groups (broad SMARTS) is 1. The van der Waals surface area contributed by atoms with Crippen molar-refractivity contribution in [1.29, 1.82) is 0 Å². The molecule has 1 amide bonds. The van der Waals surface area contributed by atoms with Crippen LogP contribution in [0.3, 0.4) is 0 Å². The number of carboxylic acids is 1. The molecule has 0 radical (unpaired) electrons. The predicted octanol–water partition coefficient (Wildman–Crippen LogP) is 8.44. The summed E-state index contributed by atoms with van der Waals surface area (Å²) in [5.74, 6) is -2.42. The maximum Gasteiger partial charge on any atom is 0.472 e. The zero-order valence-corrected chi connectivity index (χ0v) is 31.3. The molecule has 0 aliphatic heterocycles. The molecule has 4 N–H and O–H groups in total. The van der Waals surface area contributed by atoms with Crippen molar-refractivity contribution in [1.82, 2.24) is 5.32 Å². The second-order valence-electron chi connectivity index (χ2n) is 12.0. The van der Waals surface area contributed by atoms with Gasteiger partial charge in [-0.25, -0.2) is 9.36 Å². The minimum Gasteiger partial charge on any atom is -0.480 e. The number of hydrogen-bond acceptors (Lipinski definition) is 8. The number of unbranched alkanes of at least 4 members (excludes halogenated alkanes) is 9. The molecule has 3 atom stereocenters. The lowest BCUT2D eigenvalue weighted by Gasteiger charge is -2.18. The van der Waals surface area contributed by atoms with Gasteiger partial charge < -0.3 is 25.2 Å². The van der Waals surface area contributed by atoms with E-state index < -0.39 is 57.6 Å². The first-order chi connectivity index (χ1) is 24.1. The number of allylic oxidation sites excluding steroid dienone is 10. The number of ether oxygens (including phenoxy) is 1. The summed E-state index contributed by atoms with van der Waals surface area (Å²) < 4.78 is 26.5. The maximum absolute atomic E-state index is 12.2. The largest absolute Gasteiger partial charge is 0.480 e. The number of hydrogen-bond donors (Lipinski definition) is 4. The van der Waals surface area contributed by atoms with E-state index in [-0.39, 0.29) is 12.8 Å². The lowest BCUT2D eigenvalue weighted by Crippen LogP contribution is -2.43. The Kier molecular flexibility index (Phi) is 31.5. The van der Waals surface area contributed by atoms with E-state index in [0.717, 1.165) is 89.9 Å². The number of esters is 1. The molecule has 0 rings (SSSR count). The van der Waals surface area contributed by atoms with Gasteiger partial charge in [-0.3, -0.25) is 18.6 Å². The van der Waals surface area contributed by atoms with Gasteiger partial charge in [0, 0.05) is 12.8 Å². The molecule has 11 nitrogen and oxygen atoms in total. The summed E-state index contributed by atoms with van der Waals surface area (Å²) in [6.45, 7) is 2.31. The van der Waals surface area contributed by atoms with E-state index in [4.69, 9.17) is 13.8 Å². The molecule has 0 aromatic carbocycles. The van der Waals surface area contributed by atoms with Gasteiger partial charge in [-0.05, 0) is 57.8 Å². The maximum atomic E-state index is 12.2. The molecule has 0 bridgehead atoms. The first kappa shape index (κ1) is 47.2. The lowest BCUT2D eigenvalue weighted by molar-refractivity contribution is -0.147. The van der Waals surface area contributed by atoms with Gasteiger partial charge in [0.05, 0.1) is 13.2 Å². The molecule has 0 saturated heterocycles. The number of carbonyl (C=O) groups is 3. The van der Waals surface area contributed by atoms with Crippen LogP contribution in [0.4, 0.5) is 0 Å². The predicted molar refractivity (Wildman–Crippen MR) is 198 cm³/mol. The van der Waals surface area contributed by atoms with E-state index in [9.17, 15) is 34.1 Å². The SMILES string of the molecule is CC/C=C\C/C=C\C/C=C\C/C=C\C/C=C\CCCCCCCC(=O)NC(COP(=O)(O)OCC(O)COC(=O)CCCCCCC)C(=O)O. The van der Waals surface area contributed by atoms with Gasteiger partial charge in [-0.15, -0.1) is 0 Å². The molecular weight excluding hydrogens is 661 g/mol. The number of nitrogens with one attached hydrogen (secondary N) is 1. The smallest absolute Gasteiger partial charge is 0.472 e. The molecule has 0 aliphatic carbocycles. The summed E-state index contributed by atoms with van der Waals surface area (Å²) in [6, 6.07) is -1.56. The van der Waals surface area contributed by atoms with Crippen molar-refractivity contribution < 1.29 is 47.8 Å². The Morgan fingerprint density at radius 3 is 1.74 bits per heavy atom. The minimum absolute atomic E-state index is 0.121. The van der Waals surface area contributed by atoms with Crippen LogP contribution in [0, 0.1) is 0 Å². The molecule has 0 heterocycles. The number of aliphatic hydroxyl groups excluding tert-OH is 1. The molecule has 286 valence electrons. The van der Waals surface area contributed by atoms with Crippen molar-refractivity contribution in [2.24, 2.45) is 0 Å². The van der Waals surface area contributed by atoms with Crippen LogP contribution in [0.1, 0.15) is 129 Å². The number of amides is 1. The lowest BCUT2D eigenvalue weighted by atomic mass is 10.1. The molecule has 0 aliphatic rings. The quantitative estimate of drug-likeness (QED) is 0.0223. The Hall–Kier alpha value is -2.82. The van der Waals surface area contributed by atoms with Crippen molar-refractivity contribution in [2.45, 2.75) is 142 Å². The summed E-state index contributed by atoms with van der Waals surface area (Å²) in [4.78, 5) is 45.4. The number of aliphatic hydroxyl groups is 1. The van der Waals surface area contributed by atoms with Gasteiger partial charge in [-0.1, -0.05) is 120 Å². The van der Waals surface area contributed by atoms with Crippen molar-refractivity contribution in [3.8, 4) is 0 Å². The first-order valence-electron chi connectivity index (χ1n) is 18.3. The molecule has 3 unspecified atom stereocenters. The molecular formula is C38H64NO10P. The van der Waals surface area contributed by atoms with Crippen LogP contribution in [0.2, 0.25) is 0 Å². The van der Waals surface area contributed by atoms with Crippen LogP contribution in [0.5, 0.6) is 0 Å². The summed E-state index contributed by atoms with van der Waals surface area (Å²) >= 11 is 0. The molecule has 0 spiro atoms. The Morgan fingerprint density at radius 2 is 1.16 bits per heavy atom. The van der Waals surface area contributed by atoms with E-state index >= 15 is 0 Å². The zero-order valence-electron chi connectivity index (χ0n) is 30.4. The number of rotatable bonds is 33. The van der Waals surface area contributed by atoms with Crippen LogP contribution < -0.4 is 5.32 Å². The van der Waals surface area contributed by atoms with Gasteiger partial charge in [0.1, 0.15) is 12.7 Å². The fourth-order valence-electron chi connectivity index (χ4n) is 4.46. The highest BCUT2D eigenvalue weighted by atomic mass is 31.2. The molecule has 0 aromatic heterocycles. The number of phosphoric ester groups is 1. The second-order valence-corrected chi connectivity index (χ2v) is 13.5. The van der Waals surface area contributed by atoms with Crippen LogP contribution in [-0.4, -0.2) is 64.9 Å². The van der Waals surface area contributed by atoms with E-state index in [1.165, 1.54) is 0 Å². The van der Waals surface area contributed by atoms with Crippen LogP contribution in [-0.2, 0) is 32.7 Å². The van der Waals surface area contributed by atoms with Gasteiger partial charge in [-0.2, -0.15) is 0 Å². The van der Waals surface area contributed by atoms with Gasteiger partial charge in [0.25, 0.3) is 0 Å². The average Bonchev–Trinajstić information content (AvgIpc) is 3.08. The van der Waals surface area contributed by atoms with E-state index in [1.807, 2.05) is 0 Å².